The van der Waals surface area contributed by atoms with E-state index in [0.29, 0.717) is 12.5 Å². The first-order chi connectivity index (χ1) is 9.61. The van der Waals surface area contributed by atoms with Gasteiger partial charge >= 0.3 is 0 Å². The summed E-state index contributed by atoms with van der Waals surface area (Å²) in [5, 5.41) is 12.0. The second kappa shape index (κ2) is 6.72. The predicted molar refractivity (Wildman–Crippen MR) is 80.9 cm³/mol. The summed E-state index contributed by atoms with van der Waals surface area (Å²) in [4.78, 5) is 4.79. The van der Waals surface area contributed by atoms with Crippen molar-refractivity contribution in [3.05, 3.63) is 35.9 Å². The molecule has 2 rings (SSSR count). The number of rotatable bonds is 4. The van der Waals surface area contributed by atoms with E-state index in [1.807, 2.05) is 18.2 Å². The molecule has 2 atom stereocenters. The highest BCUT2D eigenvalue weighted by Crippen LogP contribution is 2.26. The maximum absolute atomic E-state index is 8.86. The van der Waals surface area contributed by atoms with Crippen molar-refractivity contribution in [3.63, 3.8) is 0 Å². The lowest BCUT2D eigenvalue weighted by atomic mass is 9.99. The van der Waals surface area contributed by atoms with E-state index in [9.17, 15) is 0 Å². The Balaban J connectivity index is 2.18. The summed E-state index contributed by atoms with van der Waals surface area (Å²) in [7, 11) is 2.16. The van der Waals surface area contributed by atoms with E-state index in [2.05, 4.69) is 41.1 Å². The molecule has 1 fully saturated rings. The number of piperazine rings is 1. The van der Waals surface area contributed by atoms with Crippen molar-refractivity contribution in [1.82, 2.24) is 9.80 Å². The standard InChI is InChI=1S/C15H24N4O/c1-12-11-19(9-8-18(12)2)14(10-15(16)17-20)13-6-4-3-5-7-13/h3-7,12,14,20H,8-11H2,1-2H3,(H2,16,17). The summed E-state index contributed by atoms with van der Waals surface area (Å²) in [6.45, 7) is 5.27. The van der Waals surface area contributed by atoms with Crippen LogP contribution in [0.25, 0.3) is 0 Å². The van der Waals surface area contributed by atoms with Crippen molar-refractivity contribution in [2.45, 2.75) is 25.4 Å². The van der Waals surface area contributed by atoms with Gasteiger partial charge in [0.2, 0.25) is 0 Å². The number of amidine groups is 1. The molecule has 20 heavy (non-hydrogen) atoms. The number of oxime groups is 1. The van der Waals surface area contributed by atoms with E-state index in [4.69, 9.17) is 10.9 Å². The number of nitrogens with zero attached hydrogens (tertiary/aromatic N) is 3. The lowest BCUT2D eigenvalue weighted by molar-refractivity contribution is 0.0733. The number of nitrogens with two attached hydrogens (primary N) is 1. The second-order valence-corrected chi connectivity index (χ2v) is 5.55. The SMILES string of the molecule is CC1CN(C(CC(N)=NO)c2ccccc2)CCN1C. The zero-order valence-electron chi connectivity index (χ0n) is 12.2. The number of likely N-dealkylation sites (N-methyl/N-ethyl adjacent to an activating group) is 1. The Bertz CT molecular complexity index is 448. The fraction of sp³-hybridized carbons (Fsp3) is 0.533. The van der Waals surface area contributed by atoms with E-state index >= 15 is 0 Å². The lowest BCUT2D eigenvalue weighted by Crippen LogP contribution is -2.51. The van der Waals surface area contributed by atoms with Crippen LogP contribution in [-0.2, 0) is 0 Å². The van der Waals surface area contributed by atoms with Crippen LogP contribution in [0.5, 0.6) is 0 Å². The lowest BCUT2D eigenvalue weighted by Gasteiger charge is -2.42. The van der Waals surface area contributed by atoms with E-state index in [-0.39, 0.29) is 11.9 Å². The quantitative estimate of drug-likeness (QED) is 0.378. The van der Waals surface area contributed by atoms with E-state index in [0.717, 1.165) is 19.6 Å². The third-order valence-electron chi connectivity index (χ3n) is 4.15. The smallest absolute Gasteiger partial charge is 0.141 e. The molecule has 3 N–H and O–H groups in total. The van der Waals surface area contributed by atoms with Crippen LogP contribution in [0.4, 0.5) is 0 Å². The van der Waals surface area contributed by atoms with Gasteiger partial charge in [-0.2, -0.15) is 0 Å². The topological polar surface area (TPSA) is 65.1 Å². The highest BCUT2D eigenvalue weighted by Gasteiger charge is 2.28. The van der Waals surface area contributed by atoms with Gasteiger partial charge in [0.05, 0.1) is 0 Å². The monoisotopic (exact) mass is 276 g/mol. The molecule has 1 aliphatic heterocycles. The highest BCUT2D eigenvalue weighted by molar-refractivity contribution is 5.80. The zero-order valence-corrected chi connectivity index (χ0v) is 12.2. The third kappa shape index (κ3) is 3.49. The summed E-state index contributed by atoms with van der Waals surface area (Å²) < 4.78 is 0. The van der Waals surface area contributed by atoms with Gasteiger partial charge in [-0.1, -0.05) is 35.5 Å². The molecule has 2 unspecified atom stereocenters. The summed E-state index contributed by atoms with van der Waals surface area (Å²) >= 11 is 0. The fourth-order valence-corrected chi connectivity index (χ4v) is 2.73. The molecular formula is C15H24N4O. The van der Waals surface area contributed by atoms with Crippen LogP contribution in [0.15, 0.2) is 35.5 Å². The van der Waals surface area contributed by atoms with Crippen molar-refractivity contribution in [2.75, 3.05) is 26.7 Å². The molecule has 1 aromatic rings. The van der Waals surface area contributed by atoms with Gasteiger partial charge in [-0.05, 0) is 19.5 Å². The summed E-state index contributed by atoms with van der Waals surface area (Å²) in [6.07, 6.45) is 0.553. The van der Waals surface area contributed by atoms with Crippen LogP contribution in [0.3, 0.4) is 0 Å². The van der Waals surface area contributed by atoms with Crippen molar-refractivity contribution in [2.24, 2.45) is 10.9 Å². The molecule has 1 aliphatic rings. The number of hydrogen-bond acceptors (Lipinski definition) is 4. The first kappa shape index (κ1) is 14.8. The molecule has 0 bridgehead atoms. The normalized spacial score (nSPS) is 23.7. The minimum Gasteiger partial charge on any atom is -0.409 e. The summed E-state index contributed by atoms with van der Waals surface area (Å²) in [6, 6.07) is 11.0. The molecule has 0 aromatic heterocycles. The minimum absolute atomic E-state index is 0.170. The molecule has 5 nitrogen and oxygen atoms in total. The minimum atomic E-state index is 0.170. The summed E-state index contributed by atoms with van der Waals surface area (Å²) in [5.41, 5.74) is 6.96. The van der Waals surface area contributed by atoms with Crippen LogP contribution >= 0.6 is 0 Å². The Hall–Kier alpha value is -1.59. The van der Waals surface area contributed by atoms with Gasteiger partial charge in [-0.15, -0.1) is 0 Å². The molecule has 0 aliphatic carbocycles. The molecular weight excluding hydrogens is 252 g/mol. The molecule has 1 aromatic carbocycles. The molecule has 0 amide bonds. The third-order valence-corrected chi connectivity index (χ3v) is 4.15. The van der Waals surface area contributed by atoms with E-state index in [1.165, 1.54) is 5.56 Å². The van der Waals surface area contributed by atoms with Crippen LogP contribution in [-0.4, -0.2) is 53.6 Å². The van der Waals surface area contributed by atoms with Gasteiger partial charge in [0.15, 0.2) is 0 Å². The molecule has 1 saturated heterocycles. The Kier molecular flexibility index (Phi) is 4.98. The maximum Gasteiger partial charge on any atom is 0.141 e. The van der Waals surface area contributed by atoms with Crippen LogP contribution in [0.1, 0.15) is 24.9 Å². The molecule has 0 spiro atoms. The van der Waals surface area contributed by atoms with Gasteiger partial charge in [-0.3, -0.25) is 4.90 Å². The highest BCUT2D eigenvalue weighted by atomic mass is 16.4. The number of hydrogen-bond donors (Lipinski definition) is 2. The van der Waals surface area contributed by atoms with E-state index in [1.54, 1.807) is 0 Å². The van der Waals surface area contributed by atoms with Gasteiger partial charge in [0, 0.05) is 38.1 Å². The molecule has 110 valence electrons. The van der Waals surface area contributed by atoms with Gasteiger partial charge in [0.25, 0.3) is 0 Å². The largest absolute Gasteiger partial charge is 0.409 e. The molecule has 0 saturated carbocycles. The molecule has 1 heterocycles. The van der Waals surface area contributed by atoms with Crippen LogP contribution in [0, 0.1) is 0 Å². The first-order valence-electron chi connectivity index (χ1n) is 7.07. The van der Waals surface area contributed by atoms with Gasteiger partial charge in [0.1, 0.15) is 5.84 Å². The second-order valence-electron chi connectivity index (χ2n) is 5.55. The first-order valence-corrected chi connectivity index (χ1v) is 7.07. The van der Waals surface area contributed by atoms with Crippen molar-refractivity contribution < 1.29 is 5.21 Å². The zero-order chi connectivity index (χ0) is 14.5. The fourth-order valence-electron chi connectivity index (χ4n) is 2.73. The van der Waals surface area contributed by atoms with Crippen LogP contribution < -0.4 is 5.73 Å². The van der Waals surface area contributed by atoms with Crippen LogP contribution in [0.2, 0.25) is 0 Å². The molecule has 0 radical (unpaired) electrons. The molecule has 5 heteroatoms. The van der Waals surface area contributed by atoms with Crippen molar-refractivity contribution in [1.29, 1.82) is 0 Å². The van der Waals surface area contributed by atoms with E-state index < -0.39 is 0 Å². The average molecular weight is 276 g/mol. The van der Waals surface area contributed by atoms with Crippen molar-refractivity contribution in [3.8, 4) is 0 Å². The van der Waals surface area contributed by atoms with Gasteiger partial charge in [-0.25, -0.2) is 0 Å². The van der Waals surface area contributed by atoms with Gasteiger partial charge < -0.3 is 15.8 Å². The average Bonchev–Trinajstić information content (AvgIpc) is 2.48. The Labute approximate surface area is 120 Å². The Morgan fingerprint density at radius 2 is 2.10 bits per heavy atom. The Morgan fingerprint density at radius 1 is 1.40 bits per heavy atom. The predicted octanol–water partition coefficient (Wildman–Crippen LogP) is 1.50. The maximum atomic E-state index is 8.86. The number of benzene rings is 1. The van der Waals surface area contributed by atoms with Crippen molar-refractivity contribution >= 4 is 5.84 Å². The Morgan fingerprint density at radius 3 is 2.70 bits per heavy atom. The summed E-state index contributed by atoms with van der Waals surface area (Å²) in [5.74, 6) is 0.283.